The van der Waals surface area contributed by atoms with Gasteiger partial charge in [0.2, 0.25) is 0 Å². The molecule has 4 aromatic rings. The molecule has 2 atom stereocenters. The highest BCUT2D eigenvalue weighted by atomic mass is 35.5. The van der Waals surface area contributed by atoms with E-state index >= 15 is 0 Å². The lowest BCUT2D eigenvalue weighted by molar-refractivity contribution is 0.115. The molecule has 2 aromatic heterocycles. The standard InChI is InChI=1S/C23H35ClN2O3Si.C17H21ClN2O3/c1-22(2,3)17-12-10-16(11-13-17)19(15-28-30(8,9)23(4,5)6)29-18-14-25-26(7)21(27)20(18)24;1-17(2,3)12-7-5-11(6-8-12)14(10-21)23-13-9-19-20(4)16(22)15(13)18/h10-14,19H,15H2,1-9H3;5-9,14,21H,10H2,1-4H3. The van der Waals surface area contributed by atoms with Crippen molar-refractivity contribution in [2.75, 3.05) is 13.2 Å². The van der Waals surface area contributed by atoms with E-state index in [-0.39, 0.29) is 49.6 Å². The van der Waals surface area contributed by atoms with Crippen LogP contribution in [-0.4, -0.2) is 46.2 Å². The Morgan fingerprint density at radius 2 is 1.04 bits per heavy atom. The van der Waals surface area contributed by atoms with Crippen LogP contribution in [0.2, 0.25) is 28.2 Å². The van der Waals surface area contributed by atoms with Gasteiger partial charge >= 0.3 is 0 Å². The number of benzene rings is 2. The predicted molar refractivity (Wildman–Crippen MR) is 216 cm³/mol. The molecule has 2 aromatic carbocycles. The molecule has 0 saturated heterocycles. The number of aromatic nitrogens is 4. The molecule has 0 radical (unpaired) electrons. The summed E-state index contributed by atoms with van der Waals surface area (Å²) >= 11 is 12.2. The van der Waals surface area contributed by atoms with E-state index in [9.17, 15) is 14.7 Å². The third kappa shape index (κ3) is 11.5. The van der Waals surface area contributed by atoms with Gasteiger partial charge in [0.15, 0.2) is 29.9 Å². The Kier molecular flexibility index (Phi) is 14.4. The highest BCUT2D eigenvalue weighted by Crippen LogP contribution is 2.38. The number of halogens is 2. The quantitative estimate of drug-likeness (QED) is 0.159. The molecule has 53 heavy (non-hydrogen) atoms. The van der Waals surface area contributed by atoms with Gasteiger partial charge in [-0.3, -0.25) is 9.59 Å². The Morgan fingerprint density at radius 1 is 0.679 bits per heavy atom. The summed E-state index contributed by atoms with van der Waals surface area (Å²) in [5.74, 6) is 0.428. The summed E-state index contributed by atoms with van der Waals surface area (Å²) in [6, 6.07) is 16.2. The zero-order valence-corrected chi connectivity index (χ0v) is 35.9. The van der Waals surface area contributed by atoms with Crippen LogP contribution in [0.3, 0.4) is 0 Å². The molecule has 1 N–H and O–H groups in total. The van der Waals surface area contributed by atoms with E-state index in [1.807, 2.05) is 24.3 Å². The number of aryl methyl sites for hydroxylation is 2. The molecule has 0 saturated carbocycles. The van der Waals surface area contributed by atoms with Crippen molar-refractivity contribution >= 4 is 31.5 Å². The monoisotopic (exact) mass is 786 g/mol. The summed E-state index contributed by atoms with van der Waals surface area (Å²) in [6.45, 7) is 24.1. The van der Waals surface area contributed by atoms with Crippen LogP contribution in [0.5, 0.6) is 11.5 Å². The number of hydrogen-bond donors (Lipinski definition) is 1. The normalized spacial score (nSPS) is 13.5. The van der Waals surface area contributed by atoms with Crippen molar-refractivity contribution in [2.45, 2.75) is 103 Å². The van der Waals surface area contributed by atoms with Crippen LogP contribution in [0.1, 0.15) is 96.8 Å². The van der Waals surface area contributed by atoms with Gasteiger partial charge in [-0.15, -0.1) is 0 Å². The van der Waals surface area contributed by atoms with Crippen molar-refractivity contribution < 1.29 is 19.0 Å². The maximum absolute atomic E-state index is 12.2. The van der Waals surface area contributed by atoms with Gasteiger partial charge in [0.05, 0.1) is 25.6 Å². The summed E-state index contributed by atoms with van der Waals surface area (Å²) in [6.07, 6.45) is 1.83. The van der Waals surface area contributed by atoms with Gasteiger partial charge in [0.1, 0.15) is 12.2 Å². The lowest BCUT2D eigenvalue weighted by atomic mass is 9.86. The van der Waals surface area contributed by atoms with Gasteiger partial charge < -0.3 is 19.0 Å². The summed E-state index contributed by atoms with van der Waals surface area (Å²) < 4.78 is 20.6. The SMILES string of the molecule is Cn1ncc(OC(CO)c2ccc(C(C)(C)C)cc2)c(Cl)c1=O.Cn1ncc(OC(CO[Si](C)(C)C(C)(C)C)c2ccc(C(C)(C)C)cc2)c(Cl)c1=O. The Bertz CT molecular complexity index is 1940. The molecule has 0 amide bonds. The van der Waals surface area contributed by atoms with E-state index in [1.54, 1.807) is 7.05 Å². The Balaban J connectivity index is 0.000000295. The maximum Gasteiger partial charge on any atom is 0.289 e. The van der Waals surface area contributed by atoms with Gasteiger partial charge in [-0.05, 0) is 51.2 Å². The molecule has 13 heteroatoms. The summed E-state index contributed by atoms with van der Waals surface area (Å²) in [5.41, 5.74) is 3.48. The minimum Gasteiger partial charge on any atom is -0.480 e. The van der Waals surface area contributed by atoms with Gasteiger partial charge in [0.25, 0.3) is 11.1 Å². The van der Waals surface area contributed by atoms with Gasteiger partial charge in [-0.2, -0.15) is 10.2 Å². The van der Waals surface area contributed by atoms with Gasteiger partial charge in [-0.1, -0.05) is 134 Å². The maximum atomic E-state index is 12.2. The molecule has 0 aliphatic heterocycles. The van der Waals surface area contributed by atoms with E-state index in [0.717, 1.165) is 15.8 Å². The van der Waals surface area contributed by atoms with E-state index in [0.29, 0.717) is 6.61 Å². The molecule has 4 rings (SSSR count). The van der Waals surface area contributed by atoms with Crippen LogP contribution in [0.25, 0.3) is 0 Å². The number of ether oxygens (including phenoxy) is 2. The van der Waals surface area contributed by atoms with Gasteiger partial charge in [0, 0.05) is 14.1 Å². The molecule has 0 aliphatic carbocycles. The van der Waals surface area contributed by atoms with Crippen LogP contribution < -0.4 is 20.6 Å². The molecular formula is C40H56Cl2N4O6Si. The fourth-order valence-corrected chi connectivity index (χ4v) is 6.20. The third-order valence-corrected chi connectivity index (χ3v) is 14.7. The second-order valence-corrected chi connectivity index (χ2v) is 22.3. The number of nitrogens with zero attached hydrogens (tertiary/aromatic N) is 4. The second kappa shape index (κ2) is 17.3. The number of aliphatic hydroxyl groups is 1. The predicted octanol–water partition coefficient (Wildman–Crippen LogP) is 8.72. The topological polar surface area (TPSA) is 118 Å². The highest BCUT2D eigenvalue weighted by molar-refractivity contribution is 6.74. The Labute approximate surface area is 325 Å². The molecule has 2 heterocycles. The number of hydrogen-bond acceptors (Lipinski definition) is 8. The van der Waals surface area contributed by atoms with Crippen molar-refractivity contribution in [3.05, 3.63) is 114 Å². The lowest BCUT2D eigenvalue weighted by Gasteiger charge is -2.37. The van der Waals surface area contributed by atoms with E-state index in [4.69, 9.17) is 37.1 Å². The average Bonchev–Trinajstić information content (AvgIpc) is 3.08. The molecule has 0 spiro atoms. The average molecular weight is 788 g/mol. The molecule has 2 unspecified atom stereocenters. The third-order valence-electron chi connectivity index (χ3n) is 9.50. The highest BCUT2D eigenvalue weighted by Gasteiger charge is 2.38. The number of rotatable bonds is 10. The van der Waals surface area contributed by atoms with E-state index in [1.165, 1.54) is 35.3 Å². The first-order chi connectivity index (χ1) is 24.4. The smallest absolute Gasteiger partial charge is 0.289 e. The lowest BCUT2D eigenvalue weighted by Crippen LogP contribution is -2.42. The molecule has 0 aliphatic rings. The van der Waals surface area contributed by atoms with Crippen LogP contribution in [0, 0.1) is 0 Å². The van der Waals surface area contributed by atoms with E-state index in [2.05, 4.69) is 110 Å². The molecule has 0 fully saturated rings. The Morgan fingerprint density at radius 3 is 1.38 bits per heavy atom. The van der Waals surface area contributed by atoms with Crippen molar-refractivity contribution in [1.29, 1.82) is 0 Å². The summed E-state index contributed by atoms with van der Waals surface area (Å²) in [4.78, 5) is 24.0. The zero-order chi connectivity index (χ0) is 40.1. The molecule has 10 nitrogen and oxygen atoms in total. The minimum atomic E-state index is -1.99. The fraction of sp³-hybridized carbons (Fsp3) is 0.500. The first-order valence-corrected chi connectivity index (χ1v) is 21.3. The summed E-state index contributed by atoms with van der Waals surface area (Å²) in [5, 5.41) is 17.6. The Hall–Kier alpha value is -3.48. The van der Waals surface area contributed by atoms with Crippen molar-refractivity contribution in [3.8, 4) is 11.5 Å². The van der Waals surface area contributed by atoms with Crippen molar-refractivity contribution in [2.24, 2.45) is 14.1 Å². The minimum absolute atomic E-state index is 0.0242. The molecule has 0 bridgehead atoms. The van der Waals surface area contributed by atoms with Crippen molar-refractivity contribution in [3.63, 3.8) is 0 Å². The van der Waals surface area contributed by atoms with E-state index < -0.39 is 26.1 Å². The van der Waals surface area contributed by atoms with Gasteiger partial charge in [-0.25, -0.2) is 9.36 Å². The second-order valence-electron chi connectivity index (χ2n) is 16.7. The zero-order valence-electron chi connectivity index (χ0n) is 33.4. The molecule has 290 valence electrons. The molecular weight excluding hydrogens is 731 g/mol. The van der Waals surface area contributed by atoms with Crippen molar-refractivity contribution in [1.82, 2.24) is 19.6 Å². The van der Waals surface area contributed by atoms with Crippen LogP contribution in [-0.2, 0) is 29.4 Å². The fourth-order valence-electron chi connectivity index (χ4n) is 4.77. The number of aliphatic hydroxyl groups excluding tert-OH is 1. The van der Waals surface area contributed by atoms with Crippen LogP contribution >= 0.6 is 23.2 Å². The first kappa shape index (κ1) is 43.9. The first-order valence-electron chi connectivity index (χ1n) is 17.6. The van der Waals surface area contributed by atoms with Crippen LogP contribution in [0.15, 0.2) is 70.5 Å². The summed E-state index contributed by atoms with van der Waals surface area (Å²) in [7, 11) is 1.08. The largest absolute Gasteiger partial charge is 0.480 e. The van der Waals surface area contributed by atoms with Crippen LogP contribution in [0.4, 0.5) is 0 Å².